The van der Waals surface area contributed by atoms with Crippen LogP contribution in [0.2, 0.25) is 10.0 Å². The standard InChI is InChI=1S/C11H6Cl2N4/c12-8-2-1-3-9(11(8)13)17-10-6-15-7(4-14)5-16-10/h1-3,5-6H,(H,16,17). The molecule has 4 nitrogen and oxygen atoms in total. The van der Waals surface area contributed by atoms with Crippen LogP contribution in [-0.2, 0) is 0 Å². The van der Waals surface area contributed by atoms with Gasteiger partial charge in [0.25, 0.3) is 0 Å². The maximum Gasteiger partial charge on any atom is 0.158 e. The molecular formula is C11H6Cl2N4. The van der Waals surface area contributed by atoms with Crippen LogP contribution in [0.1, 0.15) is 5.69 Å². The van der Waals surface area contributed by atoms with Crippen molar-refractivity contribution in [1.82, 2.24) is 9.97 Å². The Labute approximate surface area is 108 Å². The third kappa shape index (κ3) is 2.64. The number of anilines is 2. The number of nitrogens with one attached hydrogen (secondary N) is 1. The Morgan fingerprint density at radius 1 is 1.18 bits per heavy atom. The van der Waals surface area contributed by atoms with Crippen LogP contribution in [-0.4, -0.2) is 9.97 Å². The second-order valence-corrected chi connectivity index (χ2v) is 3.91. The van der Waals surface area contributed by atoms with Gasteiger partial charge in [0.2, 0.25) is 0 Å². The highest BCUT2D eigenvalue weighted by atomic mass is 35.5. The van der Waals surface area contributed by atoms with E-state index in [1.165, 1.54) is 12.4 Å². The zero-order chi connectivity index (χ0) is 12.3. The molecule has 2 aromatic rings. The molecular weight excluding hydrogens is 259 g/mol. The smallest absolute Gasteiger partial charge is 0.158 e. The van der Waals surface area contributed by atoms with Crippen molar-refractivity contribution in [1.29, 1.82) is 5.26 Å². The highest BCUT2D eigenvalue weighted by molar-refractivity contribution is 6.43. The summed E-state index contributed by atoms with van der Waals surface area (Å²) in [4.78, 5) is 7.90. The minimum atomic E-state index is 0.257. The van der Waals surface area contributed by atoms with Crippen molar-refractivity contribution in [2.24, 2.45) is 0 Å². The average molecular weight is 265 g/mol. The molecule has 0 saturated heterocycles. The fourth-order valence-electron chi connectivity index (χ4n) is 1.19. The molecule has 1 aromatic heterocycles. The van der Waals surface area contributed by atoms with Crippen LogP contribution in [0.25, 0.3) is 0 Å². The van der Waals surface area contributed by atoms with E-state index in [1.54, 1.807) is 18.2 Å². The molecule has 0 aliphatic heterocycles. The first-order chi connectivity index (χ1) is 8.20. The predicted molar refractivity (Wildman–Crippen MR) is 66.5 cm³/mol. The van der Waals surface area contributed by atoms with E-state index in [0.717, 1.165) is 0 Å². The largest absolute Gasteiger partial charge is 0.338 e. The summed E-state index contributed by atoms with van der Waals surface area (Å²) in [5, 5.41) is 12.4. The van der Waals surface area contributed by atoms with Crippen LogP contribution in [0.4, 0.5) is 11.5 Å². The first-order valence-corrected chi connectivity index (χ1v) is 5.39. The minimum Gasteiger partial charge on any atom is -0.338 e. The Kier molecular flexibility index (Phi) is 3.43. The van der Waals surface area contributed by atoms with Gasteiger partial charge in [-0.1, -0.05) is 29.3 Å². The average Bonchev–Trinajstić information content (AvgIpc) is 2.36. The van der Waals surface area contributed by atoms with Gasteiger partial charge in [-0.3, -0.25) is 0 Å². The number of nitrogens with zero attached hydrogens (tertiary/aromatic N) is 3. The van der Waals surface area contributed by atoms with Gasteiger partial charge in [-0.15, -0.1) is 0 Å². The zero-order valence-corrected chi connectivity index (χ0v) is 10.00. The summed E-state index contributed by atoms with van der Waals surface area (Å²) in [6, 6.07) is 7.13. The van der Waals surface area contributed by atoms with Gasteiger partial charge in [-0.25, -0.2) is 9.97 Å². The van der Waals surface area contributed by atoms with E-state index in [0.29, 0.717) is 21.6 Å². The normalized spacial score (nSPS) is 9.71. The Bertz CT molecular complexity index is 575. The number of hydrogen-bond donors (Lipinski definition) is 1. The molecule has 0 aliphatic rings. The van der Waals surface area contributed by atoms with E-state index in [-0.39, 0.29) is 5.69 Å². The minimum absolute atomic E-state index is 0.257. The molecule has 0 unspecified atom stereocenters. The highest BCUT2D eigenvalue weighted by Gasteiger charge is 2.05. The Balaban J connectivity index is 2.26. The zero-order valence-electron chi connectivity index (χ0n) is 8.48. The van der Waals surface area contributed by atoms with Gasteiger partial charge in [-0.2, -0.15) is 5.26 Å². The van der Waals surface area contributed by atoms with Crippen LogP contribution >= 0.6 is 23.2 Å². The Morgan fingerprint density at radius 3 is 2.65 bits per heavy atom. The molecule has 0 saturated carbocycles. The van der Waals surface area contributed by atoms with Crippen molar-refractivity contribution in [2.75, 3.05) is 5.32 Å². The summed E-state index contributed by atoms with van der Waals surface area (Å²) in [6.45, 7) is 0. The van der Waals surface area contributed by atoms with Gasteiger partial charge in [0, 0.05) is 0 Å². The number of aromatic nitrogens is 2. The molecule has 1 N–H and O–H groups in total. The molecule has 1 aromatic carbocycles. The third-order valence-corrected chi connectivity index (χ3v) is 2.80. The second kappa shape index (κ2) is 5.00. The lowest BCUT2D eigenvalue weighted by molar-refractivity contribution is 1.16. The van der Waals surface area contributed by atoms with Crippen molar-refractivity contribution in [3.05, 3.63) is 46.3 Å². The maximum atomic E-state index is 8.59. The van der Waals surface area contributed by atoms with Gasteiger partial charge in [0.05, 0.1) is 28.1 Å². The highest BCUT2D eigenvalue weighted by Crippen LogP contribution is 2.30. The third-order valence-electron chi connectivity index (χ3n) is 1.98. The summed E-state index contributed by atoms with van der Waals surface area (Å²) in [5.74, 6) is 0.494. The molecule has 0 atom stereocenters. The molecule has 0 amide bonds. The topological polar surface area (TPSA) is 61.6 Å². The lowest BCUT2D eigenvalue weighted by atomic mass is 10.3. The fourth-order valence-corrected chi connectivity index (χ4v) is 1.54. The number of halogens is 2. The molecule has 6 heteroatoms. The lowest BCUT2D eigenvalue weighted by Crippen LogP contribution is -1.96. The van der Waals surface area contributed by atoms with Crippen LogP contribution in [0.3, 0.4) is 0 Å². The van der Waals surface area contributed by atoms with Gasteiger partial charge in [-0.05, 0) is 12.1 Å². The summed E-state index contributed by atoms with van der Waals surface area (Å²) >= 11 is 11.9. The van der Waals surface area contributed by atoms with E-state index in [1.807, 2.05) is 6.07 Å². The summed E-state index contributed by atoms with van der Waals surface area (Å²) < 4.78 is 0. The number of nitriles is 1. The molecule has 2 rings (SSSR count). The van der Waals surface area contributed by atoms with Gasteiger partial charge in [0.1, 0.15) is 11.9 Å². The lowest BCUT2D eigenvalue weighted by Gasteiger charge is -2.07. The van der Waals surface area contributed by atoms with E-state index >= 15 is 0 Å². The Morgan fingerprint density at radius 2 is 2.00 bits per heavy atom. The molecule has 0 bridgehead atoms. The molecule has 0 aliphatic carbocycles. The van der Waals surface area contributed by atoms with E-state index in [9.17, 15) is 0 Å². The molecule has 0 radical (unpaired) electrons. The SMILES string of the molecule is N#Cc1cnc(Nc2cccc(Cl)c2Cl)cn1. The maximum absolute atomic E-state index is 8.59. The molecule has 17 heavy (non-hydrogen) atoms. The molecule has 0 spiro atoms. The van der Waals surface area contributed by atoms with Crippen molar-refractivity contribution in [3.8, 4) is 6.07 Å². The van der Waals surface area contributed by atoms with Crippen LogP contribution in [0, 0.1) is 11.3 Å². The van der Waals surface area contributed by atoms with Crippen LogP contribution in [0.15, 0.2) is 30.6 Å². The fraction of sp³-hybridized carbons (Fsp3) is 0. The second-order valence-electron chi connectivity index (χ2n) is 3.13. The molecule has 84 valence electrons. The Hall–Kier alpha value is -1.83. The number of hydrogen-bond acceptors (Lipinski definition) is 4. The number of benzene rings is 1. The molecule has 0 fully saturated rings. The quantitative estimate of drug-likeness (QED) is 0.903. The van der Waals surface area contributed by atoms with Crippen LogP contribution in [0.5, 0.6) is 0 Å². The monoisotopic (exact) mass is 264 g/mol. The summed E-state index contributed by atoms with van der Waals surface area (Å²) in [6.07, 6.45) is 2.83. The summed E-state index contributed by atoms with van der Waals surface area (Å²) in [7, 11) is 0. The van der Waals surface area contributed by atoms with E-state index in [4.69, 9.17) is 28.5 Å². The van der Waals surface area contributed by atoms with E-state index < -0.39 is 0 Å². The van der Waals surface area contributed by atoms with Crippen molar-refractivity contribution < 1.29 is 0 Å². The summed E-state index contributed by atoms with van der Waals surface area (Å²) in [5.41, 5.74) is 0.894. The van der Waals surface area contributed by atoms with E-state index in [2.05, 4.69) is 15.3 Å². The van der Waals surface area contributed by atoms with Gasteiger partial charge >= 0.3 is 0 Å². The first-order valence-electron chi connectivity index (χ1n) is 4.64. The predicted octanol–water partition coefficient (Wildman–Crippen LogP) is 3.40. The van der Waals surface area contributed by atoms with Gasteiger partial charge in [0.15, 0.2) is 5.69 Å². The van der Waals surface area contributed by atoms with Crippen LogP contribution < -0.4 is 5.32 Å². The van der Waals surface area contributed by atoms with Crippen molar-refractivity contribution in [2.45, 2.75) is 0 Å². The number of rotatable bonds is 2. The molecule has 1 heterocycles. The van der Waals surface area contributed by atoms with Crippen molar-refractivity contribution in [3.63, 3.8) is 0 Å². The first kappa shape index (κ1) is 11.6. The van der Waals surface area contributed by atoms with Crippen molar-refractivity contribution >= 4 is 34.7 Å². The van der Waals surface area contributed by atoms with Gasteiger partial charge < -0.3 is 5.32 Å².